The summed E-state index contributed by atoms with van der Waals surface area (Å²) in [5, 5.41) is 2.40. The van der Waals surface area contributed by atoms with Gasteiger partial charge in [0.25, 0.3) is 0 Å². The fourth-order valence-electron chi connectivity index (χ4n) is 3.31. The second-order valence-electron chi connectivity index (χ2n) is 6.10. The van der Waals surface area contributed by atoms with Gasteiger partial charge in [-0.2, -0.15) is 0 Å². The molecule has 0 amide bonds. The summed E-state index contributed by atoms with van der Waals surface area (Å²) in [6.07, 6.45) is 2.99. The minimum atomic E-state index is 0.705. The predicted octanol–water partition coefficient (Wildman–Crippen LogP) is 3.01. The molecule has 0 bridgehead atoms. The first-order valence-electron chi connectivity index (χ1n) is 8.13. The maximum atomic E-state index is 6.05. The number of fused-ring (bicyclic) bond motifs is 2. The first-order chi connectivity index (χ1) is 11.3. The van der Waals surface area contributed by atoms with E-state index in [4.69, 9.17) is 4.74 Å². The van der Waals surface area contributed by atoms with Crippen LogP contribution in [0.3, 0.4) is 0 Å². The van der Waals surface area contributed by atoms with Gasteiger partial charge in [0.15, 0.2) is 0 Å². The van der Waals surface area contributed by atoms with Crippen LogP contribution >= 0.6 is 0 Å². The van der Waals surface area contributed by atoms with E-state index < -0.39 is 0 Å². The third-order valence-corrected chi connectivity index (χ3v) is 4.60. The second-order valence-corrected chi connectivity index (χ2v) is 6.10. The molecule has 0 unspecified atom stereocenters. The molecule has 0 N–H and O–H groups in total. The van der Waals surface area contributed by atoms with Gasteiger partial charge in [0.1, 0.15) is 12.4 Å². The van der Waals surface area contributed by atoms with Crippen LogP contribution in [0.25, 0.3) is 10.8 Å². The molecule has 23 heavy (non-hydrogen) atoms. The molecule has 4 nitrogen and oxygen atoms in total. The van der Waals surface area contributed by atoms with E-state index in [-0.39, 0.29) is 0 Å². The molecule has 1 aliphatic rings. The Morgan fingerprint density at radius 1 is 1.13 bits per heavy atom. The van der Waals surface area contributed by atoms with Gasteiger partial charge in [-0.1, -0.05) is 36.4 Å². The van der Waals surface area contributed by atoms with Crippen molar-refractivity contribution < 1.29 is 4.74 Å². The Morgan fingerprint density at radius 2 is 2.00 bits per heavy atom. The standard InChI is InChI=1S/C19H21N3O/c1-21-14-20-17-13-22(10-9-18(17)21)11-12-23-19-8-4-6-15-5-2-3-7-16(15)19/h2-8,14H,9-13H2,1H3. The Hall–Kier alpha value is -2.33. The molecule has 0 atom stereocenters. The monoisotopic (exact) mass is 307 g/mol. The summed E-state index contributed by atoms with van der Waals surface area (Å²) in [5.41, 5.74) is 2.58. The molecule has 118 valence electrons. The van der Waals surface area contributed by atoms with Gasteiger partial charge in [-0.05, 0) is 11.5 Å². The number of hydrogen-bond donors (Lipinski definition) is 0. The predicted molar refractivity (Wildman–Crippen MR) is 91.6 cm³/mol. The summed E-state index contributed by atoms with van der Waals surface area (Å²) in [5.74, 6) is 0.971. The Morgan fingerprint density at radius 3 is 2.96 bits per heavy atom. The Bertz CT molecular complexity index is 819. The normalized spacial score (nSPS) is 14.8. The zero-order chi connectivity index (χ0) is 15.6. The summed E-state index contributed by atoms with van der Waals surface area (Å²) in [4.78, 5) is 6.91. The van der Waals surface area contributed by atoms with Crippen LogP contribution < -0.4 is 4.74 Å². The largest absolute Gasteiger partial charge is 0.492 e. The number of ether oxygens (including phenoxy) is 1. The van der Waals surface area contributed by atoms with E-state index in [2.05, 4.69) is 64.0 Å². The fraction of sp³-hybridized carbons (Fsp3) is 0.316. The number of imidazole rings is 1. The van der Waals surface area contributed by atoms with Gasteiger partial charge in [-0.3, -0.25) is 4.90 Å². The highest BCUT2D eigenvalue weighted by Gasteiger charge is 2.19. The fourth-order valence-corrected chi connectivity index (χ4v) is 3.31. The molecule has 1 aromatic heterocycles. The minimum absolute atomic E-state index is 0.705. The lowest BCUT2D eigenvalue weighted by molar-refractivity contribution is 0.194. The molecule has 2 heterocycles. The topological polar surface area (TPSA) is 30.3 Å². The number of nitrogens with zero attached hydrogens (tertiary/aromatic N) is 3. The first-order valence-corrected chi connectivity index (χ1v) is 8.13. The van der Waals surface area contributed by atoms with Crippen molar-refractivity contribution in [2.45, 2.75) is 13.0 Å². The molecule has 0 fully saturated rings. The van der Waals surface area contributed by atoms with E-state index in [9.17, 15) is 0 Å². The number of rotatable bonds is 4. The van der Waals surface area contributed by atoms with E-state index in [0.29, 0.717) is 6.61 Å². The smallest absolute Gasteiger partial charge is 0.127 e. The van der Waals surface area contributed by atoms with Gasteiger partial charge in [-0.25, -0.2) is 4.98 Å². The first kappa shape index (κ1) is 14.3. The highest BCUT2D eigenvalue weighted by molar-refractivity contribution is 5.88. The number of aryl methyl sites for hydroxylation is 1. The van der Waals surface area contributed by atoms with Crippen molar-refractivity contribution in [2.24, 2.45) is 7.05 Å². The average Bonchev–Trinajstić information content (AvgIpc) is 2.96. The molecular formula is C19H21N3O. The third-order valence-electron chi connectivity index (χ3n) is 4.60. The molecule has 0 spiro atoms. The van der Waals surface area contributed by atoms with Gasteiger partial charge in [0, 0.05) is 44.2 Å². The van der Waals surface area contributed by atoms with E-state index in [1.807, 2.05) is 6.33 Å². The van der Waals surface area contributed by atoms with Crippen molar-refractivity contribution in [1.82, 2.24) is 14.5 Å². The van der Waals surface area contributed by atoms with Gasteiger partial charge >= 0.3 is 0 Å². The van der Waals surface area contributed by atoms with E-state index in [0.717, 1.165) is 31.8 Å². The van der Waals surface area contributed by atoms with E-state index >= 15 is 0 Å². The molecule has 2 aromatic carbocycles. The van der Waals surface area contributed by atoms with Crippen molar-refractivity contribution in [3.8, 4) is 5.75 Å². The van der Waals surface area contributed by atoms with Crippen LogP contribution in [-0.4, -0.2) is 34.1 Å². The number of benzene rings is 2. The minimum Gasteiger partial charge on any atom is -0.492 e. The van der Waals surface area contributed by atoms with Crippen LogP contribution in [0.1, 0.15) is 11.4 Å². The molecule has 0 radical (unpaired) electrons. The summed E-state index contributed by atoms with van der Waals surface area (Å²) in [7, 11) is 2.07. The highest BCUT2D eigenvalue weighted by Crippen LogP contribution is 2.25. The Balaban J connectivity index is 1.39. The van der Waals surface area contributed by atoms with Gasteiger partial charge < -0.3 is 9.30 Å². The van der Waals surface area contributed by atoms with Crippen molar-refractivity contribution in [1.29, 1.82) is 0 Å². The van der Waals surface area contributed by atoms with Crippen LogP contribution in [-0.2, 0) is 20.0 Å². The molecule has 0 saturated carbocycles. The maximum Gasteiger partial charge on any atom is 0.127 e. The van der Waals surface area contributed by atoms with E-state index in [1.165, 1.54) is 22.2 Å². The van der Waals surface area contributed by atoms with Gasteiger partial charge in [0.2, 0.25) is 0 Å². The van der Waals surface area contributed by atoms with Crippen molar-refractivity contribution >= 4 is 10.8 Å². The SMILES string of the molecule is Cn1cnc2c1CCN(CCOc1cccc3ccccc13)C2. The molecule has 4 heteroatoms. The zero-order valence-electron chi connectivity index (χ0n) is 13.4. The lowest BCUT2D eigenvalue weighted by Crippen LogP contribution is -2.34. The molecule has 3 aromatic rings. The highest BCUT2D eigenvalue weighted by atomic mass is 16.5. The lowest BCUT2D eigenvalue weighted by Gasteiger charge is -2.26. The Kier molecular flexibility index (Phi) is 3.75. The van der Waals surface area contributed by atoms with Crippen LogP contribution in [0.15, 0.2) is 48.8 Å². The molecule has 1 aliphatic heterocycles. The quantitative estimate of drug-likeness (QED) is 0.742. The molecule has 0 aliphatic carbocycles. The zero-order valence-corrected chi connectivity index (χ0v) is 13.4. The summed E-state index contributed by atoms with van der Waals surface area (Å²) in [6, 6.07) is 14.6. The summed E-state index contributed by atoms with van der Waals surface area (Å²) >= 11 is 0. The van der Waals surface area contributed by atoms with Gasteiger partial charge in [0.05, 0.1) is 12.0 Å². The molecule has 4 rings (SSSR count). The summed E-state index contributed by atoms with van der Waals surface area (Å²) < 4.78 is 8.19. The van der Waals surface area contributed by atoms with Crippen molar-refractivity contribution in [3.63, 3.8) is 0 Å². The van der Waals surface area contributed by atoms with Gasteiger partial charge in [-0.15, -0.1) is 0 Å². The third kappa shape index (κ3) is 2.82. The molecule has 0 saturated heterocycles. The average molecular weight is 307 g/mol. The van der Waals surface area contributed by atoms with Crippen LogP contribution in [0.2, 0.25) is 0 Å². The summed E-state index contributed by atoms with van der Waals surface area (Å²) in [6.45, 7) is 3.63. The maximum absolute atomic E-state index is 6.05. The lowest BCUT2D eigenvalue weighted by atomic mass is 10.1. The van der Waals surface area contributed by atoms with Crippen LogP contribution in [0.5, 0.6) is 5.75 Å². The van der Waals surface area contributed by atoms with Crippen molar-refractivity contribution in [2.75, 3.05) is 19.7 Å². The van der Waals surface area contributed by atoms with Crippen molar-refractivity contribution in [3.05, 3.63) is 60.2 Å². The Labute approximate surface area is 136 Å². The number of hydrogen-bond acceptors (Lipinski definition) is 3. The number of aromatic nitrogens is 2. The van der Waals surface area contributed by atoms with E-state index in [1.54, 1.807) is 0 Å². The van der Waals surface area contributed by atoms with Crippen LogP contribution in [0.4, 0.5) is 0 Å². The van der Waals surface area contributed by atoms with Crippen LogP contribution in [0, 0.1) is 0 Å². The second kappa shape index (κ2) is 6.05. The molecular weight excluding hydrogens is 286 g/mol.